The highest BCUT2D eigenvalue weighted by molar-refractivity contribution is 5.64. The van der Waals surface area contributed by atoms with Crippen molar-refractivity contribution in [3.63, 3.8) is 0 Å². The molecular weight excluding hydrogens is 415 g/mol. The number of aromatic nitrogens is 2. The average molecular weight is 451 g/mol. The van der Waals surface area contributed by atoms with Gasteiger partial charge in [-0.3, -0.25) is 0 Å². The zero-order chi connectivity index (χ0) is 23.3. The Balaban J connectivity index is 1.49. The van der Waals surface area contributed by atoms with Gasteiger partial charge in [-0.2, -0.15) is 0 Å². The van der Waals surface area contributed by atoms with Crippen LogP contribution in [0.4, 0.5) is 4.39 Å². The molecule has 0 saturated carbocycles. The molecule has 1 heterocycles. The number of rotatable bonds is 14. The molecule has 0 aliphatic carbocycles. The first-order chi connectivity index (χ1) is 16.2. The SMILES string of the molecule is CCCCCCCCOc1ccc(-c2ncc(-c3ccc(OCC(F)CC)cc3)cn2)cc1. The highest BCUT2D eigenvalue weighted by Gasteiger charge is 2.06. The molecule has 5 heteroatoms. The van der Waals surface area contributed by atoms with Crippen LogP contribution < -0.4 is 9.47 Å². The van der Waals surface area contributed by atoms with E-state index in [4.69, 9.17) is 9.47 Å². The minimum absolute atomic E-state index is 0.0799. The fraction of sp³-hybridized carbons (Fsp3) is 0.429. The van der Waals surface area contributed by atoms with Gasteiger partial charge in [0.2, 0.25) is 0 Å². The van der Waals surface area contributed by atoms with E-state index >= 15 is 0 Å². The quantitative estimate of drug-likeness (QED) is 0.236. The molecular formula is C28H35FN2O2. The number of hydrogen-bond acceptors (Lipinski definition) is 4. The molecule has 0 aliphatic rings. The molecule has 1 unspecified atom stereocenters. The summed E-state index contributed by atoms with van der Waals surface area (Å²) in [6, 6.07) is 15.5. The molecule has 0 saturated heterocycles. The van der Waals surface area contributed by atoms with Crippen LogP contribution in [0, 0.1) is 0 Å². The Bertz CT molecular complexity index is 928. The van der Waals surface area contributed by atoms with Crippen molar-refractivity contribution in [2.45, 2.75) is 65.0 Å². The third kappa shape index (κ3) is 8.16. The van der Waals surface area contributed by atoms with Gasteiger partial charge in [0, 0.05) is 23.5 Å². The smallest absolute Gasteiger partial charge is 0.159 e. The third-order valence-electron chi connectivity index (χ3n) is 5.59. The lowest BCUT2D eigenvalue weighted by Crippen LogP contribution is -2.11. The second-order valence-corrected chi connectivity index (χ2v) is 8.28. The lowest BCUT2D eigenvalue weighted by Gasteiger charge is -2.09. The van der Waals surface area contributed by atoms with Gasteiger partial charge in [-0.25, -0.2) is 14.4 Å². The number of ether oxygens (including phenoxy) is 2. The summed E-state index contributed by atoms with van der Waals surface area (Å²) in [6.07, 6.45) is 10.7. The van der Waals surface area contributed by atoms with E-state index in [1.165, 1.54) is 32.1 Å². The minimum Gasteiger partial charge on any atom is -0.494 e. The standard InChI is InChI=1S/C28H35FN2O2/c1-3-5-6-7-8-9-18-32-26-16-12-23(13-17-26)28-30-19-24(20-31-28)22-10-14-27(15-11-22)33-21-25(29)4-2/h10-17,19-20,25H,3-9,18,21H2,1-2H3. The summed E-state index contributed by atoms with van der Waals surface area (Å²) in [4.78, 5) is 9.05. The molecule has 0 fully saturated rings. The largest absolute Gasteiger partial charge is 0.494 e. The number of halogens is 1. The Morgan fingerprint density at radius 1 is 0.697 bits per heavy atom. The van der Waals surface area contributed by atoms with Gasteiger partial charge in [-0.1, -0.05) is 58.1 Å². The van der Waals surface area contributed by atoms with Crippen molar-refractivity contribution in [2.24, 2.45) is 0 Å². The van der Waals surface area contributed by atoms with Gasteiger partial charge < -0.3 is 9.47 Å². The zero-order valence-corrected chi connectivity index (χ0v) is 19.8. The highest BCUT2D eigenvalue weighted by atomic mass is 19.1. The van der Waals surface area contributed by atoms with Crippen LogP contribution in [-0.2, 0) is 0 Å². The highest BCUT2D eigenvalue weighted by Crippen LogP contribution is 2.24. The Morgan fingerprint density at radius 2 is 1.27 bits per heavy atom. The molecule has 176 valence electrons. The van der Waals surface area contributed by atoms with Crippen molar-refractivity contribution >= 4 is 0 Å². The summed E-state index contributed by atoms with van der Waals surface area (Å²) in [7, 11) is 0. The van der Waals surface area contributed by atoms with Crippen molar-refractivity contribution in [1.29, 1.82) is 0 Å². The maximum Gasteiger partial charge on any atom is 0.159 e. The van der Waals surface area contributed by atoms with Gasteiger partial charge in [-0.05, 0) is 54.8 Å². The first-order valence-corrected chi connectivity index (χ1v) is 12.1. The molecule has 0 radical (unpaired) electrons. The number of nitrogens with zero attached hydrogens (tertiary/aromatic N) is 2. The first kappa shape index (κ1) is 24.7. The zero-order valence-electron chi connectivity index (χ0n) is 19.8. The fourth-order valence-electron chi connectivity index (χ4n) is 3.45. The topological polar surface area (TPSA) is 44.2 Å². The van der Waals surface area contributed by atoms with Crippen molar-refractivity contribution in [3.8, 4) is 34.0 Å². The molecule has 3 aromatic rings. The Hall–Kier alpha value is -2.95. The summed E-state index contributed by atoms with van der Waals surface area (Å²) in [5.74, 6) is 2.21. The third-order valence-corrected chi connectivity index (χ3v) is 5.59. The number of alkyl halides is 1. The fourth-order valence-corrected chi connectivity index (χ4v) is 3.45. The lowest BCUT2D eigenvalue weighted by molar-refractivity contribution is 0.192. The monoisotopic (exact) mass is 450 g/mol. The molecule has 4 nitrogen and oxygen atoms in total. The van der Waals surface area contributed by atoms with Crippen LogP contribution in [0.2, 0.25) is 0 Å². The van der Waals surface area contributed by atoms with Crippen molar-refractivity contribution in [2.75, 3.05) is 13.2 Å². The first-order valence-electron chi connectivity index (χ1n) is 12.1. The second-order valence-electron chi connectivity index (χ2n) is 8.28. The molecule has 0 N–H and O–H groups in total. The van der Waals surface area contributed by atoms with Crippen LogP contribution in [0.5, 0.6) is 11.5 Å². The van der Waals surface area contributed by atoms with Gasteiger partial charge in [-0.15, -0.1) is 0 Å². The maximum absolute atomic E-state index is 13.3. The number of unbranched alkanes of at least 4 members (excludes halogenated alkanes) is 5. The predicted molar refractivity (Wildman–Crippen MR) is 132 cm³/mol. The summed E-state index contributed by atoms with van der Waals surface area (Å²) >= 11 is 0. The van der Waals surface area contributed by atoms with Gasteiger partial charge in [0.15, 0.2) is 5.82 Å². The van der Waals surface area contributed by atoms with Crippen LogP contribution >= 0.6 is 0 Å². The van der Waals surface area contributed by atoms with Gasteiger partial charge in [0.25, 0.3) is 0 Å². The lowest BCUT2D eigenvalue weighted by atomic mass is 10.1. The van der Waals surface area contributed by atoms with E-state index in [1.54, 1.807) is 6.92 Å². The van der Waals surface area contributed by atoms with Crippen LogP contribution in [0.1, 0.15) is 58.8 Å². The molecule has 0 aliphatic heterocycles. The molecule has 2 aromatic carbocycles. The molecule has 0 amide bonds. The Morgan fingerprint density at radius 3 is 1.91 bits per heavy atom. The molecule has 0 spiro atoms. The van der Waals surface area contributed by atoms with Crippen LogP contribution in [0.25, 0.3) is 22.5 Å². The minimum atomic E-state index is -0.938. The summed E-state index contributed by atoms with van der Waals surface area (Å²) in [5, 5.41) is 0. The number of benzene rings is 2. The summed E-state index contributed by atoms with van der Waals surface area (Å²) in [5.41, 5.74) is 2.86. The summed E-state index contributed by atoms with van der Waals surface area (Å²) in [6.45, 7) is 4.88. The average Bonchev–Trinajstić information content (AvgIpc) is 2.87. The molecule has 3 rings (SSSR count). The van der Waals surface area contributed by atoms with Gasteiger partial charge >= 0.3 is 0 Å². The van der Waals surface area contributed by atoms with E-state index in [0.717, 1.165) is 35.5 Å². The van der Waals surface area contributed by atoms with Crippen molar-refractivity contribution < 1.29 is 13.9 Å². The molecule has 1 aromatic heterocycles. The van der Waals surface area contributed by atoms with Crippen LogP contribution in [-0.4, -0.2) is 29.4 Å². The van der Waals surface area contributed by atoms with E-state index < -0.39 is 6.17 Å². The predicted octanol–water partition coefficient (Wildman–Crippen LogP) is 7.68. The van der Waals surface area contributed by atoms with Crippen LogP contribution in [0.15, 0.2) is 60.9 Å². The maximum atomic E-state index is 13.3. The normalized spacial score (nSPS) is 11.8. The van der Waals surface area contributed by atoms with E-state index in [1.807, 2.05) is 60.9 Å². The van der Waals surface area contributed by atoms with Crippen LogP contribution in [0.3, 0.4) is 0 Å². The second kappa shape index (κ2) is 13.6. The molecule has 33 heavy (non-hydrogen) atoms. The molecule has 0 bridgehead atoms. The van der Waals surface area contributed by atoms with Crippen molar-refractivity contribution in [1.82, 2.24) is 9.97 Å². The van der Waals surface area contributed by atoms with E-state index in [-0.39, 0.29) is 6.61 Å². The van der Waals surface area contributed by atoms with E-state index in [0.29, 0.717) is 18.0 Å². The van der Waals surface area contributed by atoms with E-state index in [9.17, 15) is 4.39 Å². The number of hydrogen-bond donors (Lipinski definition) is 0. The Labute approximate surface area is 197 Å². The van der Waals surface area contributed by atoms with Crippen molar-refractivity contribution in [3.05, 3.63) is 60.9 Å². The van der Waals surface area contributed by atoms with Gasteiger partial charge in [0.05, 0.1) is 6.61 Å². The molecule has 1 atom stereocenters. The summed E-state index contributed by atoms with van der Waals surface area (Å²) < 4.78 is 24.7. The van der Waals surface area contributed by atoms with E-state index in [2.05, 4.69) is 16.9 Å². The van der Waals surface area contributed by atoms with Gasteiger partial charge in [0.1, 0.15) is 24.3 Å². The Kier molecular flexibility index (Phi) is 10.1.